The Hall–Kier alpha value is -2.61. The molecule has 9 nitrogen and oxygen atoms in total. The zero-order valence-corrected chi connectivity index (χ0v) is 29.1. The van der Waals surface area contributed by atoms with E-state index in [1.807, 2.05) is 0 Å². The second-order valence-corrected chi connectivity index (χ2v) is 15.6. The van der Waals surface area contributed by atoms with Crippen molar-refractivity contribution in [3.63, 3.8) is 0 Å². The molecule has 2 heterocycles. The maximum absolute atomic E-state index is 13.9. The number of piperidine rings is 1. The summed E-state index contributed by atoms with van der Waals surface area (Å²) in [6, 6.07) is 6.19. The summed E-state index contributed by atoms with van der Waals surface area (Å²) in [6.45, 7) is 5.40. The number of alkyl halides is 3. The molecular weight excluding hydrogens is 654 g/mol. The number of nitrogens with zero attached hydrogens (tertiary/aromatic N) is 3. The molecule has 0 bridgehead atoms. The molecular formula is C33H47F3N4O5S2. The maximum Gasteiger partial charge on any atom is 0.471 e. The van der Waals surface area contributed by atoms with Gasteiger partial charge in [0.1, 0.15) is 17.7 Å². The highest BCUT2D eigenvalue weighted by atomic mass is 32.2. The van der Waals surface area contributed by atoms with E-state index in [4.69, 9.17) is 4.74 Å². The number of amides is 4. The van der Waals surface area contributed by atoms with E-state index in [-0.39, 0.29) is 38.4 Å². The average molecular weight is 701 g/mol. The molecule has 4 rings (SSSR count). The van der Waals surface area contributed by atoms with Gasteiger partial charge in [0, 0.05) is 37.2 Å². The fourth-order valence-corrected chi connectivity index (χ4v) is 8.64. The molecule has 3 fully saturated rings. The van der Waals surface area contributed by atoms with Gasteiger partial charge in [0.05, 0.1) is 5.88 Å². The van der Waals surface area contributed by atoms with Crippen molar-refractivity contribution in [3.8, 4) is 0 Å². The third kappa shape index (κ3) is 11.0. The van der Waals surface area contributed by atoms with E-state index < -0.39 is 47.8 Å². The molecule has 0 aromatic heterocycles. The summed E-state index contributed by atoms with van der Waals surface area (Å²) >= 11 is 3.05. The van der Waals surface area contributed by atoms with Crippen LogP contribution in [0.1, 0.15) is 71.3 Å². The average Bonchev–Trinajstić information content (AvgIpc) is 3.53. The number of carbonyl (C=O) groups is 4. The minimum atomic E-state index is -5.02. The van der Waals surface area contributed by atoms with Crippen LogP contribution < -0.4 is 5.32 Å². The molecule has 2 atom stereocenters. The standard InChI is InChI=1S/C33H47F3N4O5S2/c1-32(2,3)45-31(44)40-22-47-21-27(40)28(41)37-26(20-46-19-24-12-8-5-9-13-24)29(42)38-16-14-25(15-17-38)39(30(43)33(34,35)36)18-23-10-6-4-7-11-23/h4,6-7,10-11,24-27H,5,8-9,12-22H2,1-3H3,(H,37,41). The minimum absolute atomic E-state index is 0.156. The van der Waals surface area contributed by atoms with Crippen LogP contribution in [0.15, 0.2) is 30.3 Å². The maximum atomic E-state index is 13.9. The molecule has 3 aliphatic rings. The summed E-state index contributed by atoms with van der Waals surface area (Å²) in [4.78, 5) is 56.6. The van der Waals surface area contributed by atoms with Crippen LogP contribution >= 0.6 is 23.5 Å². The summed E-state index contributed by atoms with van der Waals surface area (Å²) in [5.74, 6) is -0.177. The molecule has 1 saturated carbocycles. The van der Waals surface area contributed by atoms with E-state index in [0.717, 1.165) is 23.5 Å². The number of nitrogens with one attached hydrogen (secondary N) is 1. The lowest BCUT2D eigenvalue weighted by Gasteiger charge is -2.40. The van der Waals surface area contributed by atoms with Gasteiger partial charge in [-0.15, -0.1) is 11.8 Å². The van der Waals surface area contributed by atoms with E-state index in [0.29, 0.717) is 28.9 Å². The SMILES string of the molecule is CC(C)(C)OC(=O)N1CSCC1C(=O)NC(CSCC1CCCCC1)C(=O)N1CCC(N(Cc2ccccc2)C(=O)C(F)(F)F)CC1. The number of likely N-dealkylation sites (tertiary alicyclic amines) is 1. The number of hydrogen-bond donors (Lipinski definition) is 1. The highest BCUT2D eigenvalue weighted by Gasteiger charge is 2.46. The lowest BCUT2D eigenvalue weighted by atomic mass is 9.91. The van der Waals surface area contributed by atoms with Crippen molar-refractivity contribution < 1.29 is 37.1 Å². The predicted octanol–water partition coefficient (Wildman–Crippen LogP) is 5.68. The van der Waals surface area contributed by atoms with E-state index in [1.165, 1.54) is 35.9 Å². The summed E-state index contributed by atoms with van der Waals surface area (Å²) in [5.41, 5.74) is -0.139. The predicted molar refractivity (Wildman–Crippen MR) is 178 cm³/mol. The Morgan fingerprint density at radius 2 is 1.68 bits per heavy atom. The Morgan fingerprint density at radius 3 is 2.30 bits per heavy atom. The number of hydrogen-bond acceptors (Lipinski definition) is 7. The Balaban J connectivity index is 1.43. The van der Waals surface area contributed by atoms with Crippen LogP contribution in [0.2, 0.25) is 0 Å². The van der Waals surface area contributed by atoms with Gasteiger partial charge in [0.2, 0.25) is 11.8 Å². The van der Waals surface area contributed by atoms with Crippen LogP contribution in [0.3, 0.4) is 0 Å². The van der Waals surface area contributed by atoms with Gasteiger partial charge in [-0.05, 0) is 63.7 Å². The van der Waals surface area contributed by atoms with Gasteiger partial charge in [0.15, 0.2) is 0 Å². The molecule has 14 heteroatoms. The minimum Gasteiger partial charge on any atom is -0.444 e. The molecule has 2 aliphatic heterocycles. The molecule has 0 spiro atoms. The largest absolute Gasteiger partial charge is 0.471 e. The molecule has 1 aromatic carbocycles. The molecule has 0 radical (unpaired) electrons. The molecule has 262 valence electrons. The first-order valence-electron chi connectivity index (χ1n) is 16.4. The first-order valence-corrected chi connectivity index (χ1v) is 18.7. The molecule has 1 N–H and O–H groups in total. The molecule has 4 amide bonds. The van der Waals surface area contributed by atoms with Gasteiger partial charge in [0.25, 0.3) is 0 Å². The number of carbonyl (C=O) groups excluding carboxylic acids is 4. The molecule has 2 unspecified atom stereocenters. The topological polar surface area (TPSA) is 99.3 Å². The number of halogens is 3. The molecule has 47 heavy (non-hydrogen) atoms. The summed E-state index contributed by atoms with van der Waals surface area (Å²) < 4.78 is 46.3. The fourth-order valence-electron chi connectivity index (χ4n) is 6.24. The normalized spacial score (nSPS) is 20.5. The van der Waals surface area contributed by atoms with Crippen LogP contribution in [-0.4, -0.2) is 105 Å². The lowest BCUT2D eigenvalue weighted by molar-refractivity contribution is -0.189. The van der Waals surface area contributed by atoms with Crippen molar-refractivity contribution in [1.82, 2.24) is 20.0 Å². The van der Waals surface area contributed by atoms with Gasteiger partial charge in [-0.25, -0.2) is 4.79 Å². The first-order chi connectivity index (χ1) is 22.2. The molecule has 1 aromatic rings. The Bertz CT molecular complexity index is 1220. The van der Waals surface area contributed by atoms with Crippen LogP contribution in [0, 0.1) is 5.92 Å². The summed E-state index contributed by atoms with van der Waals surface area (Å²) in [5, 5.41) is 2.92. The number of thioether (sulfide) groups is 2. The van der Waals surface area contributed by atoms with Gasteiger partial charge < -0.3 is 19.9 Å². The second-order valence-electron chi connectivity index (χ2n) is 13.5. The summed E-state index contributed by atoms with van der Waals surface area (Å²) in [7, 11) is 0. The van der Waals surface area contributed by atoms with E-state index in [2.05, 4.69) is 5.32 Å². The van der Waals surface area contributed by atoms with Gasteiger partial charge in [-0.1, -0.05) is 49.6 Å². The lowest BCUT2D eigenvalue weighted by Crippen LogP contribution is -2.58. The van der Waals surface area contributed by atoms with Crippen molar-refractivity contribution in [1.29, 1.82) is 0 Å². The van der Waals surface area contributed by atoms with Crippen LogP contribution in [0.4, 0.5) is 18.0 Å². The number of ether oxygens (including phenoxy) is 1. The first kappa shape index (κ1) is 37.2. The van der Waals surface area contributed by atoms with Gasteiger partial charge >= 0.3 is 18.2 Å². The zero-order valence-electron chi connectivity index (χ0n) is 27.4. The van der Waals surface area contributed by atoms with E-state index >= 15 is 0 Å². The van der Waals surface area contributed by atoms with Crippen LogP contribution in [0.5, 0.6) is 0 Å². The Kier molecular flexibility index (Phi) is 13.2. The number of benzene rings is 1. The van der Waals surface area contributed by atoms with Crippen molar-refractivity contribution in [3.05, 3.63) is 35.9 Å². The highest BCUT2D eigenvalue weighted by molar-refractivity contribution is 7.99. The Labute approximate surface area is 284 Å². The third-order valence-electron chi connectivity index (χ3n) is 8.71. The third-order valence-corrected chi connectivity index (χ3v) is 11.0. The monoisotopic (exact) mass is 700 g/mol. The smallest absolute Gasteiger partial charge is 0.444 e. The van der Waals surface area contributed by atoms with Crippen molar-refractivity contribution in [2.75, 3.05) is 36.2 Å². The van der Waals surface area contributed by atoms with Gasteiger partial charge in [-0.2, -0.15) is 24.9 Å². The molecule has 2 saturated heterocycles. The Morgan fingerprint density at radius 1 is 1.02 bits per heavy atom. The summed E-state index contributed by atoms with van der Waals surface area (Å²) in [6.07, 6.45) is 0.667. The fraction of sp³-hybridized carbons (Fsp3) is 0.697. The van der Waals surface area contributed by atoms with Crippen molar-refractivity contribution in [2.24, 2.45) is 5.92 Å². The zero-order chi connectivity index (χ0) is 34.2. The van der Waals surface area contributed by atoms with Gasteiger partial charge in [-0.3, -0.25) is 19.3 Å². The van der Waals surface area contributed by atoms with Crippen molar-refractivity contribution in [2.45, 2.75) is 102 Å². The molecule has 1 aliphatic carbocycles. The van der Waals surface area contributed by atoms with Crippen molar-refractivity contribution >= 4 is 47.3 Å². The van der Waals surface area contributed by atoms with Crippen LogP contribution in [0.25, 0.3) is 0 Å². The quantitative estimate of drug-likeness (QED) is 0.336. The van der Waals surface area contributed by atoms with E-state index in [9.17, 15) is 32.3 Å². The van der Waals surface area contributed by atoms with E-state index in [1.54, 1.807) is 67.8 Å². The number of rotatable bonds is 10. The van der Waals surface area contributed by atoms with Crippen LogP contribution in [-0.2, 0) is 25.7 Å². The second kappa shape index (κ2) is 16.7. The highest BCUT2D eigenvalue weighted by Crippen LogP contribution is 2.29.